The molecule has 0 aromatic carbocycles. The van der Waals surface area contributed by atoms with Crippen LogP contribution in [-0.4, -0.2) is 39.4 Å². The van der Waals surface area contributed by atoms with Crippen molar-refractivity contribution in [2.45, 2.75) is 109 Å². The van der Waals surface area contributed by atoms with Gasteiger partial charge in [0.1, 0.15) is 6.10 Å². The average Bonchev–Trinajstić information content (AvgIpc) is 2.86. The number of aliphatic hydroxyl groups excluding tert-OH is 2. The van der Waals surface area contributed by atoms with Gasteiger partial charge in [-0.2, -0.15) is 0 Å². The number of alkyl halides is 2. The van der Waals surface area contributed by atoms with Crippen molar-refractivity contribution in [1.82, 2.24) is 0 Å². The lowest BCUT2D eigenvalue weighted by molar-refractivity contribution is -0.137. The second-order valence-electron chi connectivity index (χ2n) is 8.41. The van der Waals surface area contributed by atoms with Crippen LogP contribution in [0.2, 0.25) is 0 Å². The number of aliphatic hydroxyl groups is 2. The molecule has 0 aromatic heterocycles. The van der Waals surface area contributed by atoms with Gasteiger partial charge in [0.2, 0.25) is 0 Å². The molecule has 0 saturated heterocycles. The summed E-state index contributed by atoms with van der Waals surface area (Å²) in [5.74, 6) is -3.28. The van der Waals surface area contributed by atoms with Crippen molar-refractivity contribution in [2.24, 2.45) is 17.8 Å². The number of hydrogen-bond acceptors (Lipinski definition) is 3. The monoisotopic (exact) mass is 392 g/mol. The van der Waals surface area contributed by atoms with Crippen LogP contribution < -0.4 is 0 Å². The fourth-order valence-electron chi connectivity index (χ4n) is 4.49. The van der Waals surface area contributed by atoms with Crippen molar-refractivity contribution in [1.29, 1.82) is 0 Å². The average molecular weight is 393 g/mol. The summed E-state index contributed by atoms with van der Waals surface area (Å²) in [7, 11) is 0. The molecule has 0 bridgehead atoms. The Morgan fingerprint density at radius 3 is 2.41 bits per heavy atom. The molecule has 1 saturated carbocycles. The minimum absolute atomic E-state index is 0.0769. The van der Waals surface area contributed by atoms with Crippen molar-refractivity contribution in [2.75, 3.05) is 0 Å². The molecule has 0 spiro atoms. The second kappa shape index (κ2) is 11.9. The Kier molecular flexibility index (Phi) is 10.7. The van der Waals surface area contributed by atoms with Gasteiger partial charge in [-0.3, -0.25) is 4.79 Å². The van der Waals surface area contributed by atoms with Gasteiger partial charge >= 0.3 is 5.97 Å². The summed E-state index contributed by atoms with van der Waals surface area (Å²) in [5, 5.41) is 29.0. The van der Waals surface area contributed by atoms with Crippen LogP contribution in [-0.2, 0) is 4.79 Å². The van der Waals surface area contributed by atoms with E-state index in [-0.39, 0.29) is 37.0 Å². The molecule has 0 unspecified atom stereocenters. The van der Waals surface area contributed by atoms with E-state index >= 15 is 0 Å². The number of unbranched alkanes of at least 4 members (excludes halogenated alkanes) is 4. The molecule has 0 amide bonds. The number of carboxylic acid groups (broad SMARTS) is 1. The summed E-state index contributed by atoms with van der Waals surface area (Å²) in [6, 6.07) is 0. The van der Waals surface area contributed by atoms with E-state index in [1.54, 1.807) is 0 Å². The predicted molar refractivity (Wildman–Crippen MR) is 102 cm³/mol. The largest absolute Gasteiger partial charge is 0.481 e. The summed E-state index contributed by atoms with van der Waals surface area (Å²) < 4.78 is 28.0. The van der Waals surface area contributed by atoms with Crippen molar-refractivity contribution in [3.05, 3.63) is 0 Å². The number of rotatable bonds is 14. The highest BCUT2D eigenvalue weighted by Crippen LogP contribution is 2.43. The van der Waals surface area contributed by atoms with E-state index in [9.17, 15) is 23.8 Å². The van der Waals surface area contributed by atoms with Gasteiger partial charge in [-0.25, -0.2) is 8.78 Å². The Morgan fingerprint density at radius 1 is 1.11 bits per heavy atom. The fourth-order valence-corrected chi connectivity index (χ4v) is 4.49. The highest BCUT2D eigenvalue weighted by atomic mass is 19.3. The molecule has 160 valence electrons. The maximum absolute atomic E-state index is 14.0. The lowest BCUT2D eigenvalue weighted by Crippen LogP contribution is -2.34. The maximum Gasteiger partial charge on any atom is 0.303 e. The third kappa shape index (κ3) is 8.43. The van der Waals surface area contributed by atoms with Crippen molar-refractivity contribution in [3.63, 3.8) is 0 Å². The Labute approximate surface area is 162 Å². The summed E-state index contributed by atoms with van der Waals surface area (Å²) in [5.41, 5.74) is 0. The van der Waals surface area contributed by atoms with Gasteiger partial charge in [-0.1, -0.05) is 39.5 Å². The third-order valence-corrected chi connectivity index (χ3v) is 6.19. The normalized spacial score (nSPS) is 27.0. The maximum atomic E-state index is 14.0. The Bertz CT molecular complexity index is 430. The molecule has 1 aliphatic carbocycles. The van der Waals surface area contributed by atoms with Gasteiger partial charge < -0.3 is 15.3 Å². The van der Waals surface area contributed by atoms with Gasteiger partial charge in [-0.05, 0) is 56.3 Å². The first-order valence-corrected chi connectivity index (χ1v) is 10.6. The number of carboxylic acids is 1. The zero-order valence-corrected chi connectivity index (χ0v) is 16.9. The number of aliphatic carboxylic acids is 1. The molecular formula is C21H38F2O4. The molecule has 6 heteroatoms. The van der Waals surface area contributed by atoms with Crippen LogP contribution in [0.25, 0.3) is 0 Å². The molecule has 0 radical (unpaired) electrons. The second-order valence-corrected chi connectivity index (χ2v) is 8.41. The van der Waals surface area contributed by atoms with Crippen LogP contribution in [0.4, 0.5) is 8.78 Å². The number of hydrogen-bond donors (Lipinski definition) is 3. The van der Waals surface area contributed by atoms with E-state index in [2.05, 4.69) is 6.92 Å². The SMILES string of the molecule is CCCCC(F)(F)[C@H](O)CC[C@@H]1[C@@H](CCCCCCC(=O)O)[C@@H](O)C[C@H]1C. The van der Waals surface area contributed by atoms with E-state index in [0.717, 1.165) is 25.7 Å². The summed E-state index contributed by atoms with van der Waals surface area (Å²) in [4.78, 5) is 10.5. The van der Waals surface area contributed by atoms with Gasteiger partial charge in [-0.15, -0.1) is 0 Å². The molecule has 0 heterocycles. The van der Waals surface area contributed by atoms with Crippen LogP contribution in [0.3, 0.4) is 0 Å². The van der Waals surface area contributed by atoms with Crippen LogP contribution in [0.5, 0.6) is 0 Å². The lowest BCUT2D eigenvalue weighted by atomic mass is 9.81. The van der Waals surface area contributed by atoms with Crippen molar-refractivity contribution < 1.29 is 28.9 Å². The van der Waals surface area contributed by atoms with E-state index < -0.39 is 24.1 Å². The van der Waals surface area contributed by atoms with Gasteiger partial charge in [0.25, 0.3) is 5.92 Å². The molecule has 5 atom stereocenters. The fraction of sp³-hybridized carbons (Fsp3) is 0.952. The molecule has 1 rings (SSSR count). The molecule has 0 aromatic rings. The topological polar surface area (TPSA) is 77.8 Å². The van der Waals surface area contributed by atoms with E-state index in [0.29, 0.717) is 32.1 Å². The van der Waals surface area contributed by atoms with E-state index in [1.807, 2.05) is 6.92 Å². The smallest absolute Gasteiger partial charge is 0.303 e. The van der Waals surface area contributed by atoms with Gasteiger partial charge in [0.05, 0.1) is 6.10 Å². The number of carbonyl (C=O) groups is 1. The molecule has 27 heavy (non-hydrogen) atoms. The quantitative estimate of drug-likeness (QED) is 0.363. The Balaban J connectivity index is 2.43. The first-order valence-electron chi connectivity index (χ1n) is 10.6. The standard InChI is InChI=1S/C21H38F2O4/c1-3-4-13-21(22,23)19(25)12-11-16-15(2)14-18(24)17(16)9-7-5-6-8-10-20(26)27/h15-19,24-25H,3-14H2,1-2H3,(H,26,27)/t15-,16+,17-,18+,19-/m1/s1. The highest BCUT2D eigenvalue weighted by molar-refractivity contribution is 5.66. The van der Waals surface area contributed by atoms with Gasteiger partial charge in [0, 0.05) is 12.8 Å². The van der Waals surface area contributed by atoms with Crippen LogP contribution >= 0.6 is 0 Å². The number of halogens is 2. The molecule has 3 N–H and O–H groups in total. The van der Waals surface area contributed by atoms with Crippen molar-refractivity contribution >= 4 is 5.97 Å². The Morgan fingerprint density at radius 2 is 1.78 bits per heavy atom. The molecule has 1 aliphatic rings. The summed E-state index contributed by atoms with van der Waals surface area (Å²) in [6.07, 6.45) is 4.50. The zero-order valence-electron chi connectivity index (χ0n) is 16.9. The van der Waals surface area contributed by atoms with Crippen LogP contribution in [0, 0.1) is 17.8 Å². The highest BCUT2D eigenvalue weighted by Gasteiger charge is 2.42. The Hall–Kier alpha value is -0.750. The predicted octanol–water partition coefficient (Wildman–Crippen LogP) is 5.01. The third-order valence-electron chi connectivity index (χ3n) is 6.19. The van der Waals surface area contributed by atoms with E-state index in [4.69, 9.17) is 5.11 Å². The molecule has 4 nitrogen and oxygen atoms in total. The van der Waals surface area contributed by atoms with Crippen LogP contribution in [0.1, 0.15) is 90.9 Å². The first kappa shape index (κ1) is 24.3. The van der Waals surface area contributed by atoms with Crippen LogP contribution in [0.15, 0.2) is 0 Å². The first-order chi connectivity index (χ1) is 12.7. The minimum Gasteiger partial charge on any atom is -0.481 e. The summed E-state index contributed by atoms with van der Waals surface area (Å²) in [6.45, 7) is 3.92. The molecular weight excluding hydrogens is 354 g/mol. The zero-order chi connectivity index (χ0) is 20.4. The molecule has 1 fully saturated rings. The van der Waals surface area contributed by atoms with Gasteiger partial charge in [0.15, 0.2) is 0 Å². The minimum atomic E-state index is -3.03. The lowest BCUT2D eigenvalue weighted by Gasteiger charge is -2.28. The summed E-state index contributed by atoms with van der Waals surface area (Å²) >= 11 is 0. The van der Waals surface area contributed by atoms with E-state index in [1.165, 1.54) is 0 Å². The van der Waals surface area contributed by atoms with Crippen molar-refractivity contribution in [3.8, 4) is 0 Å². The molecule has 0 aliphatic heterocycles.